The fourth-order valence-electron chi connectivity index (χ4n) is 4.04. The molecule has 0 aromatic heterocycles. The molecule has 0 saturated heterocycles. The van der Waals surface area contributed by atoms with Gasteiger partial charge in [0.2, 0.25) is 12.5 Å². The van der Waals surface area contributed by atoms with Gasteiger partial charge in [0, 0.05) is 16.5 Å². The summed E-state index contributed by atoms with van der Waals surface area (Å²) in [6, 6.07) is 9.59. The van der Waals surface area contributed by atoms with Gasteiger partial charge in [0.25, 0.3) is 0 Å². The van der Waals surface area contributed by atoms with E-state index in [1.807, 2.05) is 24.3 Å². The Balaban J connectivity index is 1.76. The average molecular weight is 433 g/mol. The molecule has 1 atom stereocenters. The summed E-state index contributed by atoms with van der Waals surface area (Å²) in [6.07, 6.45) is 1.33. The normalized spacial score (nSPS) is 19.5. The number of ether oxygens (including phenoxy) is 3. The highest BCUT2D eigenvalue weighted by Gasteiger charge is 2.42. The molecule has 0 saturated carbocycles. The van der Waals surface area contributed by atoms with Crippen molar-refractivity contribution < 1.29 is 23.5 Å². The maximum atomic E-state index is 13.0. The quantitative estimate of drug-likeness (QED) is 0.537. The summed E-state index contributed by atoms with van der Waals surface area (Å²) in [4.78, 5) is 13.0. The second kappa shape index (κ2) is 6.84. The second-order valence-electron chi connectivity index (χ2n) is 7.62. The molecular formula is C21H23BrNO4+. The first-order valence-corrected chi connectivity index (χ1v) is 9.81. The van der Waals surface area contributed by atoms with Crippen LogP contribution in [-0.4, -0.2) is 44.8 Å². The molecule has 0 unspecified atom stereocenters. The van der Waals surface area contributed by atoms with Crippen molar-refractivity contribution in [3.8, 4) is 17.2 Å². The zero-order chi connectivity index (χ0) is 19.2. The van der Waals surface area contributed by atoms with E-state index in [0.717, 1.165) is 38.8 Å². The summed E-state index contributed by atoms with van der Waals surface area (Å²) in [6.45, 7) is 1.16. The number of hydrogen-bond acceptors (Lipinski definition) is 4. The fourth-order valence-corrected chi connectivity index (χ4v) is 4.31. The van der Waals surface area contributed by atoms with Crippen LogP contribution in [0, 0.1) is 0 Å². The molecule has 27 heavy (non-hydrogen) atoms. The van der Waals surface area contributed by atoms with Gasteiger partial charge >= 0.3 is 0 Å². The van der Waals surface area contributed by atoms with Gasteiger partial charge in [0.15, 0.2) is 17.3 Å². The highest BCUT2D eigenvalue weighted by atomic mass is 79.9. The maximum absolute atomic E-state index is 13.0. The average Bonchev–Trinajstić information content (AvgIpc) is 3.11. The van der Waals surface area contributed by atoms with E-state index in [9.17, 15) is 4.79 Å². The molecule has 5 nitrogen and oxygen atoms in total. The smallest absolute Gasteiger partial charge is 0.231 e. The lowest BCUT2D eigenvalue weighted by atomic mass is 9.86. The van der Waals surface area contributed by atoms with Gasteiger partial charge < -0.3 is 18.7 Å². The van der Waals surface area contributed by atoms with Crippen molar-refractivity contribution in [3.05, 3.63) is 51.5 Å². The lowest BCUT2D eigenvalue weighted by Crippen LogP contribution is -2.48. The molecule has 0 radical (unpaired) electrons. The van der Waals surface area contributed by atoms with Crippen LogP contribution in [0.3, 0.4) is 0 Å². The molecule has 2 aliphatic heterocycles. The molecule has 2 heterocycles. The lowest BCUT2D eigenvalue weighted by molar-refractivity contribution is -0.922. The number of benzene rings is 2. The number of Topliss-reactive ketones (excluding diaryl/α,β-unsaturated/α-hetero) is 1. The monoisotopic (exact) mass is 432 g/mol. The molecule has 2 aliphatic rings. The van der Waals surface area contributed by atoms with Crippen molar-refractivity contribution in [3.63, 3.8) is 0 Å². The molecule has 0 aliphatic carbocycles. The zero-order valence-corrected chi connectivity index (χ0v) is 17.3. The molecule has 0 spiro atoms. The first-order valence-electron chi connectivity index (χ1n) is 9.01. The molecule has 0 amide bonds. The minimum Gasteiger partial charge on any atom is -0.492 e. The summed E-state index contributed by atoms with van der Waals surface area (Å²) < 4.78 is 18.7. The van der Waals surface area contributed by atoms with E-state index in [-0.39, 0.29) is 18.6 Å². The highest BCUT2D eigenvalue weighted by molar-refractivity contribution is 9.10. The Hall–Kier alpha value is -2.05. The van der Waals surface area contributed by atoms with E-state index in [4.69, 9.17) is 14.2 Å². The zero-order valence-electron chi connectivity index (χ0n) is 15.8. The number of methoxy groups -OCH3 is 1. The van der Waals surface area contributed by atoms with Crippen LogP contribution in [0.15, 0.2) is 34.8 Å². The second-order valence-corrected chi connectivity index (χ2v) is 8.53. The van der Waals surface area contributed by atoms with Crippen molar-refractivity contribution in [2.45, 2.75) is 18.9 Å². The highest BCUT2D eigenvalue weighted by Crippen LogP contribution is 2.51. The number of ketones is 1. The number of carbonyl (C=O) groups excluding carboxylic acids is 1. The molecule has 2 aromatic carbocycles. The van der Waals surface area contributed by atoms with Crippen LogP contribution in [0.25, 0.3) is 0 Å². The third-order valence-electron chi connectivity index (χ3n) is 5.63. The number of likely N-dealkylation sites (N-methyl/N-ethyl adjacent to an activating group) is 1. The van der Waals surface area contributed by atoms with Crippen LogP contribution in [0.1, 0.15) is 33.9 Å². The van der Waals surface area contributed by atoms with Crippen LogP contribution >= 0.6 is 15.9 Å². The first-order chi connectivity index (χ1) is 12.9. The van der Waals surface area contributed by atoms with Gasteiger partial charge in [0.05, 0.1) is 39.7 Å². The number of fused-ring (bicyclic) bond motifs is 2. The predicted octanol–water partition coefficient (Wildman–Crippen LogP) is 4.13. The van der Waals surface area contributed by atoms with E-state index >= 15 is 0 Å². The number of halogens is 1. The SMILES string of the molecule is COc1c2c(cc3c1[C@@H](CC(=O)c1ccc(Br)cc1)[N+](C)(C)CC3)OCO2. The van der Waals surface area contributed by atoms with E-state index in [2.05, 4.69) is 36.1 Å². The molecule has 6 heteroatoms. The van der Waals surface area contributed by atoms with Crippen molar-refractivity contribution in [1.29, 1.82) is 0 Å². The van der Waals surface area contributed by atoms with Gasteiger partial charge in [-0.25, -0.2) is 0 Å². The Kier molecular flexibility index (Phi) is 4.64. The van der Waals surface area contributed by atoms with Crippen molar-refractivity contribution in [1.82, 2.24) is 0 Å². The van der Waals surface area contributed by atoms with Crippen LogP contribution in [0.4, 0.5) is 0 Å². The van der Waals surface area contributed by atoms with Gasteiger partial charge in [-0.05, 0) is 23.8 Å². The minimum atomic E-state index is -0.00523. The summed E-state index contributed by atoms with van der Waals surface area (Å²) in [5, 5.41) is 0. The maximum Gasteiger partial charge on any atom is 0.231 e. The molecule has 0 fully saturated rings. The van der Waals surface area contributed by atoms with Crippen LogP contribution in [0.2, 0.25) is 0 Å². The third-order valence-corrected chi connectivity index (χ3v) is 6.16. The molecule has 0 bridgehead atoms. The van der Waals surface area contributed by atoms with Crippen molar-refractivity contribution in [2.24, 2.45) is 0 Å². The Morgan fingerprint density at radius 3 is 2.70 bits per heavy atom. The molecule has 142 valence electrons. The predicted molar refractivity (Wildman–Crippen MR) is 106 cm³/mol. The summed E-state index contributed by atoms with van der Waals surface area (Å²) in [5.74, 6) is 2.22. The Labute approximate surface area is 167 Å². The topological polar surface area (TPSA) is 44.8 Å². The van der Waals surface area contributed by atoms with Crippen molar-refractivity contribution in [2.75, 3.05) is 34.5 Å². The Morgan fingerprint density at radius 1 is 1.26 bits per heavy atom. The van der Waals surface area contributed by atoms with Crippen LogP contribution < -0.4 is 14.2 Å². The number of hydrogen-bond donors (Lipinski definition) is 0. The Morgan fingerprint density at radius 2 is 2.00 bits per heavy atom. The summed E-state index contributed by atoms with van der Waals surface area (Å²) >= 11 is 3.42. The molecule has 2 aromatic rings. The first kappa shape index (κ1) is 18.3. The summed E-state index contributed by atoms with van der Waals surface area (Å²) in [5.41, 5.74) is 2.98. The molecular weight excluding hydrogens is 410 g/mol. The van der Waals surface area contributed by atoms with Crippen LogP contribution in [-0.2, 0) is 6.42 Å². The Bertz CT molecular complexity index is 892. The van der Waals surface area contributed by atoms with Crippen LogP contribution in [0.5, 0.6) is 17.2 Å². The van der Waals surface area contributed by atoms with E-state index in [0.29, 0.717) is 17.9 Å². The largest absolute Gasteiger partial charge is 0.492 e. The third kappa shape index (κ3) is 3.21. The number of carbonyl (C=O) groups is 1. The van der Waals surface area contributed by atoms with Gasteiger partial charge in [-0.3, -0.25) is 4.79 Å². The molecule has 4 rings (SSSR count). The lowest BCUT2D eigenvalue weighted by Gasteiger charge is -2.43. The van der Waals surface area contributed by atoms with Crippen molar-refractivity contribution >= 4 is 21.7 Å². The van der Waals surface area contributed by atoms with Gasteiger partial charge in [-0.15, -0.1) is 0 Å². The summed E-state index contributed by atoms with van der Waals surface area (Å²) in [7, 11) is 6.00. The number of quaternary nitrogens is 1. The van der Waals surface area contributed by atoms with Gasteiger partial charge in [-0.1, -0.05) is 28.1 Å². The van der Waals surface area contributed by atoms with Gasteiger partial charge in [0.1, 0.15) is 6.04 Å². The molecule has 0 N–H and O–H groups in total. The van der Waals surface area contributed by atoms with E-state index < -0.39 is 0 Å². The fraction of sp³-hybridized carbons (Fsp3) is 0.381. The standard InChI is InChI=1S/C21H23BrNO4/c1-23(2)9-8-14-10-18-20(27-12-26-18)21(25-3)19(14)16(23)11-17(24)13-4-6-15(22)7-5-13/h4-7,10,16H,8-9,11-12H2,1-3H3/q+1/t16-/m1/s1. The number of nitrogens with zero attached hydrogens (tertiary/aromatic N) is 1. The van der Waals surface area contributed by atoms with E-state index in [1.165, 1.54) is 5.56 Å². The number of rotatable bonds is 4. The minimum absolute atomic E-state index is 0.00523. The van der Waals surface area contributed by atoms with Gasteiger partial charge in [-0.2, -0.15) is 0 Å². The van der Waals surface area contributed by atoms with E-state index in [1.54, 1.807) is 7.11 Å².